The maximum Gasteiger partial charge on any atom is 0.490 e. The number of ether oxygens (including phenoxy) is 3. The predicted octanol–water partition coefficient (Wildman–Crippen LogP) is 3.13. The highest BCUT2D eigenvalue weighted by molar-refractivity contribution is 7.91. The minimum absolute atomic E-state index is 0.316. The van der Waals surface area contributed by atoms with Crippen LogP contribution in [0.15, 0.2) is 58.3 Å². The fourth-order valence-electron chi connectivity index (χ4n) is 3.94. The summed E-state index contributed by atoms with van der Waals surface area (Å²) >= 11 is 0. The zero-order chi connectivity index (χ0) is 38.9. The summed E-state index contributed by atoms with van der Waals surface area (Å²) in [4.78, 5) is 22.9. The molecule has 2 aromatic rings. The van der Waals surface area contributed by atoms with Gasteiger partial charge in [0.1, 0.15) is 0 Å². The molecule has 1 aliphatic heterocycles. The van der Waals surface area contributed by atoms with Gasteiger partial charge in [0.25, 0.3) is 0 Å². The van der Waals surface area contributed by atoms with E-state index < -0.39 is 44.0 Å². The van der Waals surface area contributed by atoms with Gasteiger partial charge >= 0.3 is 24.3 Å². The highest BCUT2D eigenvalue weighted by atomic mass is 32.2. The van der Waals surface area contributed by atoms with E-state index in [9.17, 15) is 43.2 Å². The summed E-state index contributed by atoms with van der Waals surface area (Å²) in [6.07, 6.45) is -7.75. The van der Waals surface area contributed by atoms with Crippen molar-refractivity contribution in [3.63, 3.8) is 0 Å². The number of alkyl halides is 6. The first kappa shape index (κ1) is 45.7. The third-order valence-corrected chi connectivity index (χ3v) is 8.84. The Morgan fingerprint density at radius 2 is 0.804 bits per heavy atom. The summed E-state index contributed by atoms with van der Waals surface area (Å²) in [6.45, 7) is 7.54. The third-order valence-electron chi connectivity index (χ3n) is 6.58. The first-order valence-electron chi connectivity index (χ1n) is 14.9. The van der Waals surface area contributed by atoms with Crippen LogP contribution < -0.4 is 0 Å². The average Bonchev–Trinajstić information content (AvgIpc) is 3.01. The average molecular weight is 783 g/mol. The van der Waals surface area contributed by atoms with Gasteiger partial charge in [-0.2, -0.15) is 26.3 Å². The molecule has 0 unspecified atom stereocenters. The van der Waals surface area contributed by atoms with E-state index in [4.69, 9.17) is 34.0 Å². The van der Waals surface area contributed by atoms with Crippen LogP contribution in [0.4, 0.5) is 26.3 Å². The van der Waals surface area contributed by atoms with Gasteiger partial charge in [0.2, 0.25) is 0 Å². The standard InChI is InChI=1S/C26H38N2O7S2.2C2HF3O2/c1-36(29,30)25-7-3-23(4-8-25)21-27-11-15-33-16-12-28(14-18-35-20-19-34-17-13-27)22-24-5-9-26(10-6-24)37(2,31)32;2*3-2(4,5)1(6)7/h3-10H,11-22H2,1-2H3;2*(H,6,7). The van der Waals surface area contributed by atoms with Crippen molar-refractivity contribution in [2.75, 3.05) is 78.3 Å². The van der Waals surface area contributed by atoms with Gasteiger partial charge in [-0.15, -0.1) is 0 Å². The van der Waals surface area contributed by atoms with E-state index in [1.807, 2.05) is 24.3 Å². The van der Waals surface area contributed by atoms with Crippen molar-refractivity contribution in [2.24, 2.45) is 0 Å². The maximum absolute atomic E-state index is 11.7. The van der Waals surface area contributed by atoms with Crippen LogP contribution in [0.3, 0.4) is 0 Å². The van der Waals surface area contributed by atoms with Gasteiger partial charge in [0.05, 0.1) is 49.4 Å². The maximum atomic E-state index is 11.7. The van der Waals surface area contributed by atoms with Gasteiger partial charge in [0.15, 0.2) is 19.7 Å². The van der Waals surface area contributed by atoms with Crippen LogP contribution in [0.2, 0.25) is 0 Å². The number of carboxylic acids is 2. The highest BCUT2D eigenvalue weighted by Crippen LogP contribution is 2.15. The first-order valence-corrected chi connectivity index (χ1v) is 18.6. The van der Waals surface area contributed by atoms with E-state index in [-0.39, 0.29) is 0 Å². The van der Waals surface area contributed by atoms with Crippen LogP contribution in [0.1, 0.15) is 11.1 Å². The monoisotopic (exact) mass is 782 g/mol. The van der Waals surface area contributed by atoms with Crippen molar-refractivity contribution in [3.8, 4) is 0 Å². The molecule has 2 N–H and O–H groups in total. The number of nitrogens with zero attached hydrogens (tertiary/aromatic N) is 2. The van der Waals surface area contributed by atoms with E-state index in [2.05, 4.69) is 9.80 Å². The lowest BCUT2D eigenvalue weighted by atomic mass is 10.2. The summed E-state index contributed by atoms with van der Waals surface area (Å²) in [5.74, 6) is -5.51. The van der Waals surface area contributed by atoms with Crippen molar-refractivity contribution in [3.05, 3.63) is 59.7 Å². The van der Waals surface area contributed by atoms with Crippen molar-refractivity contribution < 1.29 is 77.2 Å². The SMILES string of the molecule is CS(=O)(=O)c1ccc(CN2CCOCCOCCN(Cc3ccc(S(C)(=O)=O)cc3)CCOCC2)cc1.O=C(O)C(F)(F)F.O=C(O)C(F)(F)F. The van der Waals surface area contributed by atoms with E-state index in [0.29, 0.717) is 62.5 Å². The number of carbonyl (C=O) groups is 2. The van der Waals surface area contributed by atoms with Crippen LogP contribution in [0.25, 0.3) is 0 Å². The minimum Gasteiger partial charge on any atom is -0.475 e. The van der Waals surface area contributed by atoms with Crippen molar-refractivity contribution >= 4 is 31.6 Å². The number of sulfone groups is 2. The number of hydrogen-bond donors (Lipinski definition) is 2. The van der Waals surface area contributed by atoms with Crippen LogP contribution in [-0.2, 0) is 56.6 Å². The second-order valence-electron chi connectivity index (χ2n) is 10.8. The van der Waals surface area contributed by atoms with Crippen LogP contribution in [0, 0.1) is 0 Å². The molecule has 0 aromatic heterocycles. The lowest BCUT2D eigenvalue weighted by Gasteiger charge is -2.24. The molecule has 0 spiro atoms. The lowest BCUT2D eigenvalue weighted by Crippen LogP contribution is -2.32. The van der Waals surface area contributed by atoms with E-state index in [1.54, 1.807) is 24.3 Å². The predicted molar refractivity (Wildman–Crippen MR) is 169 cm³/mol. The summed E-state index contributed by atoms with van der Waals surface area (Å²) in [7, 11) is -6.43. The third kappa shape index (κ3) is 20.3. The molecule has 1 aliphatic rings. The normalized spacial score (nSPS) is 16.6. The molecule has 21 heteroatoms. The van der Waals surface area contributed by atoms with Gasteiger partial charge in [-0.1, -0.05) is 24.3 Å². The smallest absolute Gasteiger partial charge is 0.475 e. The largest absolute Gasteiger partial charge is 0.490 e. The Hall–Kier alpha value is -3.34. The molecule has 0 atom stereocenters. The number of hydrogen-bond acceptors (Lipinski definition) is 11. The summed E-state index contributed by atoms with van der Waals surface area (Å²) in [5.41, 5.74) is 2.06. The van der Waals surface area contributed by atoms with E-state index in [0.717, 1.165) is 37.3 Å². The Morgan fingerprint density at radius 3 is 1.02 bits per heavy atom. The molecule has 0 saturated carbocycles. The molecule has 2 aromatic carbocycles. The van der Waals surface area contributed by atoms with Crippen LogP contribution in [0.5, 0.6) is 0 Å². The molecule has 51 heavy (non-hydrogen) atoms. The Kier molecular flexibility index (Phi) is 19.0. The topological polar surface area (TPSA) is 177 Å². The molecule has 3 rings (SSSR count). The Bertz CT molecular complexity index is 1450. The Labute approximate surface area is 291 Å². The second kappa shape index (κ2) is 21.2. The first-order chi connectivity index (χ1) is 23.5. The minimum atomic E-state index is -5.08. The fraction of sp³-hybridized carbons (Fsp3) is 0.533. The lowest BCUT2D eigenvalue weighted by molar-refractivity contribution is -0.193. The molecular formula is C30H40F6N2O11S2. The molecule has 290 valence electrons. The van der Waals surface area contributed by atoms with E-state index >= 15 is 0 Å². The van der Waals surface area contributed by atoms with Crippen LogP contribution >= 0.6 is 0 Å². The fourth-order valence-corrected chi connectivity index (χ4v) is 5.20. The van der Waals surface area contributed by atoms with Gasteiger partial charge in [-0.05, 0) is 35.4 Å². The molecule has 0 aliphatic carbocycles. The number of benzene rings is 2. The van der Waals surface area contributed by atoms with Crippen LogP contribution in [-0.4, -0.2) is 139 Å². The highest BCUT2D eigenvalue weighted by Gasteiger charge is 2.38. The number of halogens is 6. The van der Waals surface area contributed by atoms with Crippen molar-refractivity contribution in [1.82, 2.24) is 9.80 Å². The van der Waals surface area contributed by atoms with Crippen molar-refractivity contribution in [1.29, 1.82) is 0 Å². The van der Waals surface area contributed by atoms with Gasteiger partial charge in [-0.3, -0.25) is 9.80 Å². The van der Waals surface area contributed by atoms with Gasteiger partial charge in [0, 0.05) is 51.8 Å². The second-order valence-corrected chi connectivity index (χ2v) is 14.9. The molecule has 1 fully saturated rings. The quantitative estimate of drug-likeness (QED) is 0.409. The number of rotatable bonds is 6. The molecule has 0 amide bonds. The Balaban J connectivity index is 0.000000780. The van der Waals surface area contributed by atoms with Gasteiger partial charge in [-0.25, -0.2) is 26.4 Å². The molecule has 0 radical (unpaired) electrons. The Morgan fingerprint density at radius 1 is 0.569 bits per heavy atom. The molecule has 13 nitrogen and oxygen atoms in total. The molecular weight excluding hydrogens is 742 g/mol. The summed E-state index contributed by atoms with van der Waals surface area (Å²) < 4.78 is 128. The zero-order valence-electron chi connectivity index (χ0n) is 27.7. The summed E-state index contributed by atoms with van der Waals surface area (Å²) in [6, 6.07) is 14.0. The van der Waals surface area contributed by atoms with Crippen molar-refractivity contribution in [2.45, 2.75) is 35.2 Å². The molecule has 1 saturated heterocycles. The van der Waals surface area contributed by atoms with Gasteiger partial charge < -0.3 is 24.4 Å². The number of carboxylic acid groups (broad SMARTS) is 2. The molecule has 1 heterocycles. The number of aliphatic carboxylic acids is 2. The zero-order valence-corrected chi connectivity index (χ0v) is 29.3. The molecule has 0 bridgehead atoms. The van der Waals surface area contributed by atoms with E-state index in [1.165, 1.54) is 12.5 Å². The summed E-state index contributed by atoms with van der Waals surface area (Å²) in [5, 5.41) is 14.2.